The van der Waals surface area contributed by atoms with E-state index in [0.29, 0.717) is 24.2 Å². The van der Waals surface area contributed by atoms with Gasteiger partial charge in [-0.3, -0.25) is 14.9 Å². The molecular formula is C26H23N5O3. The van der Waals surface area contributed by atoms with Gasteiger partial charge in [-0.15, -0.1) is 0 Å². The molecule has 0 saturated carbocycles. The number of aromatic amines is 1. The summed E-state index contributed by atoms with van der Waals surface area (Å²) in [7, 11) is 0. The van der Waals surface area contributed by atoms with E-state index in [2.05, 4.69) is 10.3 Å². The smallest absolute Gasteiger partial charge is 0.271 e. The lowest BCUT2D eigenvalue weighted by Crippen LogP contribution is -2.26. The van der Waals surface area contributed by atoms with Crippen LogP contribution in [0, 0.1) is 35.3 Å². The van der Waals surface area contributed by atoms with Crippen LogP contribution in [-0.2, 0) is 11.2 Å². The average molecular weight is 454 g/mol. The van der Waals surface area contributed by atoms with Gasteiger partial charge in [-0.25, -0.2) is 0 Å². The largest absolute Gasteiger partial charge is 0.361 e. The summed E-state index contributed by atoms with van der Waals surface area (Å²) < 4.78 is 1.86. The highest BCUT2D eigenvalue weighted by Gasteiger charge is 2.15. The molecule has 8 heteroatoms. The number of benzene rings is 2. The lowest BCUT2D eigenvalue weighted by atomic mass is 10.1. The van der Waals surface area contributed by atoms with E-state index < -0.39 is 10.8 Å². The van der Waals surface area contributed by atoms with E-state index in [-0.39, 0.29) is 11.3 Å². The first-order valence-electron chi connectivity index (χ1n) is 10.8. The molecule has 2 aromatic heterocycles. The molecular weight excluding hydrogens is 430 g/mol. The molecule has 170 valence electrons. The van der Waals surface area contributed by atoms with Crippen molar-refractivity contribution in [3.63, 3.8) is 0 Å². The minimum absolute atomic E-state index is 0.00165. The molecule has 0 unspecified atom stereocenters. The second-order valence-electron chi connectivity index (χ2n) is 7.97. The van der Waals surface area contributed by atoms with Gasteiger partial charge in [0.05, 0.1) is 10.6 Å². The van der Waals surface area contributed by atoms with E-state index >= 15 is 0 Å². The summed E-state index contributed by atoms with van der Waals surface area (Å²) >= 11 is 0. The van der Waals surface area contributed by atoms with Gasteiger partial charge >= 0.3 is 0 Å². The van der Waals surface area contributed by atoms with Gasteiger partial charge in [0.25, 0.3) is 11.6 Å². The van der Waals surface area contributed by atoms with Gasteiger partial charge in [0, 0.05) is 47.2 Å². The SMILES string of the molecule is Cc1cc(/C=C(/C#N)C(=O)NCCc2c[nH]c3ccccc23)c(C)n1-c1cccc([N+](=O)[O-])c1. The molecule has 0 aliphatic heterocycles. The number of nitro benzene ring substituents is 1. The second-order valence-corrected chi connectivity index (χ2v) is 7.97. The predicted octanol–water partition coefficient (Wildman–Crippen LogP) is 4.75. The van der Waals surface area contributed by atoms with Gasteiger partial charge in [0.15, 0.2) is 0 Å². The predicted molar refractivity (Wildman–Crippen MR) is 130 cm³/mol. The molecule has 4 aromatic rings. The van der Waals surface area contributed by atoms with Gasteiger partial charge in [0.1, 0.15) is 11.6 Å². The molecule has 0 atom stereocenters. The second kappa shape index (κ2) is 9.46. The summed E-state index contributed by atoms with van der Waals surface area (Å²) in [5.41, 5.74) is 5.09. The maximum Gasteiger partial charge on any atom is 0.271 e. The van der Waals surface area contributed by atoms with E-state index in [1.807, 2.05) is 61.0 Å². The lowest BCUT2D eigenvalue weighted by Gasteiger charge is -2.09. The van der Waals surface area contributed by atoms with Crippen molar-refractivity contribution in [3.05, 3.63) is 99.0 Å². The minimum Gasteiger partial charge on any atom is -0.361 e. The van der Waals surface area contributed by atoms with Crippen molar-refractivity contribution >= 4 is 28.6 Å². The normalized spacial score (nSPS) is 11.4. The minimum atomic E-state index is -0.442. The molecule has 1 amide bonds. The van der Waals surface area contributed by atoms with Crippen molar-refractivity contribution in [1.29, 1.82) is 5.26 Å². The summed E-state index contributed by atoms with van der Waals surface area (Å²) in [4.78, 5) is 26.6. The highest BCUT2D eigenvalue weighted by Crippen LogP contribution is 2.25. The zero-order valence-electron chi connectivity index (χ0n) is 18.8. The first kappa shape index (κ1) is 22.6. The lowest BCUT2D eigenvalue weighted by molar-refractivity contribution is -0.384. The number of hydrogen-bond donors (Lipinski definition) is 2. The van der Waals surface area contributed by atoms with E-state index in [1.165, 1.54) is 12.1 Å². The number of H-pyrrole nitrogens is 1. The van der Waals surface area contributed by atoms with E-state index in [4.69, 9.17) is 0 Å². The van der Waals surface area contributed by atoms with E-state index in [1.54, 1.807) is 18.2 Å². The van der Waals surface area contributed by atoms with Gasteiger partial charge < -0.3 is 14.9 Å². The van der Waals surface area contributed by atoms with Crippen molar-refractivity contribution < 1.29 is 9.72 Å². The number of amides is 1. The monoisotopic (exact) mass is 453 g/mol. The topological polar surface area (TPSA) is 117 Å². The molecule has 2 heterocycles. The van der Waals surface area contributed by atoms with Crippen LogP contribution in [0.25, 0.3) is 22.7 Å². The zero-order chi connectivity index (χ0) is 24.2. The molecule has 0 aliphatic rings. The van der Waals surface area contributed by atoms with Crippen molar-refractivity contribution in [3.8, 4) is 11.8 Å². The Morgan fingerprint density at radius 2 is 2.00 bits per heavy atom. The van der Waals surface area contributed by atoms with Crippen molar-refractivity contribution in [1.82, 2.24) is 14.9 Å². The molecule has 0 aliphatic carbocycles. The molecule has 4 rings (SSSR count). The Labute approximate surface area is 196 Å². The highest BCUT2D eigenvalue weighted by atomic mass is 16.6. The van der Waals surface area contributed by atoms with Crippen LogP contribution < -0.4 is 5.32 Å². The fourth-order valence-electron chi connectivity index (χ4n) is 4.13. The molecule has 0 bridgehead atoms. The van der Waals surface area contributed by atoms with Crippen LogP contribution in [0.3, 0.4) is 0 Å². The van der Waals surface area contributed by atoms with Crippen molar-refractivity contribution in [2.45, 2.75) is 20.3 Å². The molecule has 2 aromatic carbocycles. The number of aromatic nitrogens is 2. The van der Waals surface area contributed by atoms with Gasteiger partial charge in [-0.1, -0.05) is 24.3 Å². The first-order valence-corrected chi connectivity index (χ1v) is 10.8. The average Bonchev–Trinajstić information content (AvgIpc) is 3.37. The molecule has 8 nitrogen and oxygen atoms in total. The molecule has 34 heavy (non-hydrogen) atoms. The highest BCUT2D eigenvalue weighted by molar-refractivity contribution is 6.01. The quantitative estimate of drug-likeness (QED) is 0.182. The fourth-order valence-corrected chi connectivity index (χ4v) is 4.13. The van der Waals surface area contributed by atoms with Gasteiger partial charge in [-0.2, -0.15) is 5.26 Å². The molecule has 0 fully saturated rings. The Kier molecular flexibility index (Phi) is 6.28. The fraction of sp³-hybridized carbons (Fsp3) is 0.154. The Bertz CT molecular complexity index is 1470. The van der Waals surface area contributed by atoms with Gasteiger partial charge in [-0.05, 0) is 55.7 Å². The summed E-state index contributed by atoms with van der Waals surface area (Å²) in [5.74, 6) is -0.442. The van der Waals surface area contributed by atoms with Crippen LogP contribution in [0.2, 0.25) is 0 Å². The third-order valence-corrected chi connectivity index (χ3v) is 5.79. The van der Waals surface area contributed by atoms with E-state index in [0.717, 1.165) is 27.9 Å². The number of nitriles is 1. The first-order chi connectivity index (χ1) is 16.4. The number of rotatable bonds is 7. The summed E-state index contributed by atoms with van der Waals surface area (Å²) in [6, 6.07) is 18.1. The van der Waals surface area contributed by atoms with Crippen LogP contribution in [0.1, 0.15) is 22.5 Å². The zero-order valence-corrected chi connectivity index (χ0v) is 18.8. The third kappa shape index (κ3) is 4.45. The number of carbonyl (C=O) groups excluding carboxylic acids is 1. The molecule has 0 saturated heterocycles. The molecule has 0 radical (unpaired) electrons. The number of carbonyl (C=O) groups is 1. The number of para-hydroxylation sites is 1. The number of nitrogens with one attached hydrogen (secondary N) is 2. The Hall–Kier alpha value is -4.64. The Morgan fingerprint density at radius 1 is 1.21 bits per heavy atom. The standard InChI is InChI=1S/C26H23N5O3/c1-17-12-20(18(2)30(17)22-6-5-7-23(14-22)31(33)34)13-21(15-27)26(32)28-11-10-19-16-29-25-9-4-3-8-24(19)25/h3-9,12-14,16,29H,10-11H2,1-2H3,(H,28,32)/b21-13-. The maximum absolute atomic E-state index is 12.7. The Morgan fingerprint density at radius 3 is 2.76 bits per heavy atom. The van der Waals surface area contributed by atoms with Crippen LogP contribution in [0.15, 0.2) is 66.4 Å². The van der Waals surface area contributed by atoms with Crippen molar-refractivity contribution in [2.24, 2.45) is 0 Å². The third-order valence-electron chi connectivity index (χ3n) is 5.79. The number of nitro groups is 1. The van der Waals surface area contributed by atoms with Gasteiger partial charge in [0.2, 0.25) is 0 Å². The number of nitrogens with zero attached hydrogens (tertiary/aromatic N) is 3. The molecule has 2 N–H and O–H groups in total. The van der Waals surface area contributed by atoms with Crippen LogP contribution in [0.4, 0.5) is 5.69 Å². The number of fused-ring (bicyclic) bond motifs is 1. The van der Waals surface area contributed by atoms with Crippen LogP contribution in [-0.4, -0.2) is 26.9 Å². The van der Waals surface area contributed by atoms with Crippen LogP contribution in [0.5, 0.6) is 0 Å². The summed E-state index contributed by atoms with van der Waals surface area (Å²) in [5, 5.41) is 24.7. The maximum atomic E-state index is 12.7. The summed E-state index contributed by atoms with van der Waals surface area (Å²) in [6.07, 6.45) is 4.12. The van der Waals surface area contributed by atoms with Crippen molar-refractivity contribution in [2.75, 3.05) is 6.54 Å². The molecule has 0 spiro atoms. The number of aryl methyl sites for hydroxylation is 1. The van der Waals surface area contributed by atoms with Crippen LogP contribution >= 0.6 is 0 Å². The summed E-state index contributed by atoms with van der Waals surface area (Å²) in [6.45, 7) is 4.12. The number of non-ortho nitro benzene ring substituents is 1. The number of hydrogen-bond acceptors (Lipinski definition) is 4. The van der Waals surface area contributed by atoms with E-state index in [9.17, 15) is 20.2 Å². The Balaban J connectivity index is 1.51.